The van der Waals surface area contributed by atoms with Crippen LogP contribution in [0.15, 0.2) is 72.8 Å². The number of hydrogen-bond acceptors (Lipinski definition) is 5. The van der Waals surface area contributed by atoms with Crippen LogP contribution in [0.5, 0.6) is 11.5 Å². The van der Waals surface area contributed by atoms with Crippen LogP contribution >= 0.6 is 0 Å². The van der Waals surface area contributed by atoms with Crippen molar-refractivity contribution in [3.8, 4) is 11.5 Å². The van der Waals surface area contributed by atoms with Crippen LogP contribution in [0.1, 0.15) is 38.8 Å². The number of methoxy groups -OCH3 is 1. The fourth-order valence-electron chi connectivity index (χ4n) is 3.49. The van der Waals surface area contributed by atoms with Crippen LogP contribution in [0.2, 0.25) is 0 Å². The van der Waals surface area contributed by atoms with Gasteiger partial charge in [0.1, 0.15) is 6.04 Å². The third-order valence-electron chi connectivity index (χ3n) is 5.22. The van der Waals surface area contributed by atoms with Gasteiger partial charge in [-0.2, -0.15) is 0 Å². The van der Waals surface area contributed by atoms with Gasteiger partial charge in [-0.15, -0.1) is 0 Å². The number of ether oxygens (including phenoxy) is 2. The van der Waals surface area contributed by atoms with Crippen molar-refractivity contribution >= 4 is 29.9 Å². The quantitative estimate of drug-likeness (QED) is 0.251. The number of nitrogens with zero attached hydrogens (tertiary/aromatic N) is 1. The van der Waals surface area contributed by atoms with Crippen LogP contribution in [0.25, 0.3) is 12.2 Å². The predicted octanol–water partition coefficient (Wildman–Crippen LogP) is 4.46. The van der Waals surface area contributed by atoms with E-state index in [0.29, 0.717) is 5.75 Å². The number of fused-ring (bicyclic) bond motifs is 1. The van der Waals surface area contributed by atoms with Crippen LogP contribution in [-0.4, -0.2) is 35.8 Å². The Morgan fingerprint density at radius 1 is 0.812 bits per heavy atom. The van der Waals surface area contributed by atoms with Gasteiger partial charge >= 0.3 is 5.97 Å². The molecular weight excluding hydrogens is 406 g/mol. The molecule has 0 radical (unpaired) electrons. The second-order valence-electron chi connectivity index (χ2n) is 7.28. The standard InChI is InChI=1S/C26H21NO5/c1-17(27-24(28)20-10-6-7-11-21(20)25(27)29)26(30)32-22-15-14-19(16-23(22)31-2)13-12-18-8-4-3-5-9-18/h3-17H,1-2H3. The minimum absolute atomic E-state index is 0.206. The van der Waals surface area contributed by atoms with Gasteiger partial charge in [0.2, 0.25) is 0 Å². The van der Waals surface area contributed by atoms with Gasteiger partial charge in [0.15, 0.2) is 11.5 Å². The van der Waals surface area contributed by atoms with Crippen molar-refractivity contribution in [3.05, 3.63) is 95.1 Å². The Labute approximate surface area is 185 Å². The van der Waals surface area contributed by atoms with E-state index in [1.54, 1.807) is 42.5 Å². The van der Waals surface area contributed by atoms with E-state index >= 15 is 0 Å². The first-order chi connectivity index (χ1) is 15.5. The van der Waals surface area contributed by atoms with Crippen molar-refractivity contribution in [2.24, 2.45) is 0 Å². The molecule has 6 nitrogen and oxygen atoms in total. The Morgan fingerprint density at radius 2 is 1.41 bits per heavy atom. The summed E-state index contributed by atoms with van der Waals surface area (Å²) in [5, 5.41) is 0. The molecule has 0 aromatic heterocycles. The molecule has 1 aliphatic heterocycles. The molecule has 4 rings (SSSR count). The molecule has 3 aromatic rings. The minimum Gasteiger partial charge on any atom is -0.493 e. The molecular formula is C26H21NO5. The Morgan fingerprint density at radius 3 is 2.03 bits per heavy atom. The molecule has 1 unspecified atom stereocenters. The van der Waals surface area contributed by atoms with Crippen LogP contribution in [0.4, 0.5) is 0 Å². The van der Waals surface area contributed by atoms with E-state index in [2.05, 4.69) is 0 Å². The summed E-state index contributed by atoms with van der Waals surface area (Å²) >= 11 is 0. The highest BCUT2D eigenvalue weighted by Gasteiger charge is 2.41. The predicted molar refractivity (Wildman–Crippen MR) is 120 cm³/mol. The number of esters is 1. The minimum atomic E-state index is -1.09. The van der Waals surface area contributed by atoms with Crippen molar-refractivity contribution in [2.45, 2.75) is 13.0 Å². The maximum atomic E-state index is 12.8. The van der Waals surface area contributed by atoms with Gasteiger partial charge < -0.3 is 9.47 Å². The molecule has 0 fully saturated rings. The van der Waals surface area contributed by atoms with Crippen LogP contribution < -0.4 is 9.47 Å². The van der Waals surface area contributed by atoms with E-state index < -0.39 is 23.8 Å². The second kappa shape index (κ2) is 8.89. The van der Waals surface area contributed by atoms with Crippen molar-refractivity contribution in [1.82, 2.24) is 4.90 Å². The first-order valence-corrected chi connectivity index (χ1v) is 10.1. The second-order valence-corrected chi connectivity index (χ2v) is 7.28. The summed E-state index contributed by atoms with van der Waals surface area (Å²) in [7, 11) is 1.48. The van der Waals surface area contributed by atoms with Gasteiger partial charge in [0.25, 0.3) is 11.8 Å². The fraction of sp³-hybridized carbons (Fsp3) is 0.115. The van der Waals surface area contributed by atoms with E-state index in [-0.39, 0.29) is 16.9 Å². The summed E-state index contributed by atoms with van der Waals surface area (Å²) in [5.41, 5.74) is 2.48. The molecule has 0 bridgehead atoms. The summed E-state index contributed by atoms with van der Waals surface area (Å²) in [4.78, 5) is 38.9. The molecule has 32 heavy (non-hydrogen) atoms. The molecule has 1 atom stereocenters. The number of rotatable bonds is 6. The van der Waals surface area contributed by atoms with Gasteiger partial charge in [-0.25, -0.2) is 4.79 Å². The summed E-state index contributed by atoms with van der Waals surface area (Å²) in [6.07, 6.45) is 3.88. The van der Waals surface area contributed by atoms with Gasteiger partial charge in [-0.05, 0) is 42.3 Å². The normalized spacial score (nSPS) is 13.9. The summed E-state index contributed by atoms with van der Waals surface area (Å²) < 4.78 is 10.9. The lowest BCUT2D eigenvalue weighted by molar-refractivity contribution is -0.138. The van der Waals surface area contributed by atoms with Crippen molar-refractivity contribution in [3.63, 3.8) is 0 Å². The average molecular weight is 427 g/mol. The Bertz CT molecular complexity index is 1180. The van der Waals surface area contributed by atoms with Gasteiger partial charge in [0.05, 0.1) is 18.2 Å². The zero-order chi connectivity index (χ0) is 22.7. The first-order valence-electron chi connectivity index (χ1n) is 10.1. The van der Waals surface area contributed by atoms with E-state index in [0.717, 1.165) is 16.0 Å². The molecule has 0 aliphatic carbocycles. The average Bonchev–Trinajstić information content (AvgIpc) is 3.08. The molecule has 160 valence electrons. The maximum absolute atomic E-state index is 12.8. The van der Waals surface area contributed by atoms with E-state index in [4.69, 9.17) is 9.47 Å². The van der Waals surface area contributed by atoms with E-state index in [1.807, 2.05) is 42.5 Å². The third-order valence-corrected chi connectivity index (χ3v) is 5.22. The highest BCUT2D eigenvalue weighted by molar-refractivity contribution is 6.22. The molecule has 1 heterocycles. The summed E-state index contributed by atoms with van der Waals surface area (Å²) in [5.74, 6) is -1.18. The molecule has 1 aliphatic rings. The highest BCUT2D eigenvalue weighted by atomic mass is 16.6. The topological polar surface area (TPSA) is 72.9 Å². The molecule has 0 spiro atoms. The monoisotopic (exact) mass is 427 g/mol. The maximum Gasteiger partial charge on any atom is 0.334 e. The third kappa shape index (κ3) is 4.03. The SMILES string of the molecule is COc1cc(C=Cc2ccccc2)ccc1OC(=O)C(C)N1C(=O)c2ccccc2C1=O. The Balaban J connectivity index is 1.50. The largest absolute Gasteiger partial charge is 0.493 e. The number of imide groups is 1. The van der Waals surface area contributed by atoms with E-state index in [9.17, 15) is 14.4 Å². The first kappa shape index (κ1) is 21.1. The molecule has 0 saturated heterocycles. The van der Waals surface area contributed by atoms with Gasteiger partial charge in [-0.1, -0.05) is 60.7 Å². The number of amides is 2. The van der Waals surface area contributed by atoms with Crippen LogP contribution in [0, 0.1) is 0 Å². The summed E-state index contributed by atoms with van der Waals surface area (Å²) in [6.45, 7) is 1.47. The molecule has 3 aromatic carbocycles. The molecule has 6 heteroatoms. The lowest BCUT2D eigenvalue weighted by atomic mass is 10.1. The molecule has 0 saturated carbocycles. The number of carbonyl (C=O) groups is 3. The van der Waals surface area contributed by atoms with Gasteiger partial charge in [-0.3, -0.25) is 14.5 Å². The Hall–Kier alpha value is -4.19. The van der Waals surface area contributed by atoms with Crippen LogP contribution in [-0.2, 0) is 4.79 Å². The molecule has 0 N–H and O–H groups in total. The number of carbonyl (C=O) groups excluding carboxylic acids is 3. The lowest BCUT2D eigenvalue weighted by Crippen LogP contribution is -2.44. The van der Waals surface area contributed by atoms with E-state index in [1.165, 1.54) is 14.0 Å². The zero-order valence-electron chi connectivity index (χ0n) is 17.6. The fourth-order valence-corrected chi connectivity index (χ4v) is 3.49. The number of benzene rings is 3. The Kier molecular flexibility index (Phi) is 5.85. The lowest BCUT2D eigenvalue weighted by Gasteiger charge is -2.21. The summed E-state index contributed by atoms with van der Waals surface area (Å²) in [6, 6.07) is 20.4. The highest BCUT2D eigenvalue weighted by Crippen LogP contribution is 2.30. The van der Waals surface area contributed by atoms with Crippen molar-refractivity contribution in [2.75, 3.05) is 7.11 Å². The molecule has 2 amide bonds. The van der Waals surface area contributed by atoms with Gasteiger partial charge in [0, 0.05) is 0 Å². The van der Waals surface area contributed by atoms with Crippen molar-refractivity contribution in [1.29, 1.82) is 0 Å². The smallest absolute Gasteiger partial charge is 0.334 e. The van der Waals surface area contributed by atoms with Crippen molar-refractivity contribution < 1.29 is 23.9 Å². The zero-order valence-corrected chi connectivity index (χ0v) is 17.6. The van der Waals surface area contributed by atoms with Crippen LogP contribution in [0.3, 0.4) is 0 Å². The number of hydrogen-bond donors (Lipinski definition) is 0.